The first-order chi connectivity index (χ1) is 14.9. The van der Waals surface area contributed by atoms with Crippen LogP contribution in [0.4, 0.5) is 11.4 Å². The number of methoxy groups -OCH3 is 2. The molecular weight excluding hydrogens is 420 g/mol. The lowest BCUT2D eigenvalue weighted by Crippen LogP contribution is -2.42. The Balaban J connectivity index is 1.78. The van der Waals surface area contributed by atoms with Crippen molar-refractivity contribution in [1.29, 1.82) is 0 Å². The zero-order chi connectivity index (χ0) is 22.1. The first-order valence-corrected chi connectivity index (χ1v) is 10.2. The first-order valence-electron chi connectivity index (χ1n) is 9.39. The van der Waals surface area contributed by atoms with Gasteiger partial charge in [0.05, 0.1) is 35.3 Å². The average molecular weight is 440 g/mol. The Hall–Kier alpha value is -3.66. The van der Waals surface area contributed by atoms with Crippen molar-refractivity contribution in [1.82, 2.24) is 4.57 Å². The van der Waals surface area contributed by atoms with Gasteiger partial charge in [0.1, 0.15) is 13.3 Å². The van der Waals surface area contributed by atoms with E-state index >= 15 is 0 Å². The number of fused-ring (bicyclic) bond motifs is 1. The van der Waals surface area contributed by atoms with Gasteiger partial charge in [0.15, 0.2) is 16.3 Å². The van der Waals surface area contributed by atoms with Crippen LogP contribution in [-0.4, -0.2) is 30.4 Å². The van der Waals surface area contributed by atoms with Crippen molar-refractivity contribution in [3.05, 3.63) is 77.3 Å². The minimum absolute atomic E-state index is 0.174. The second kappa shape index (κ2) is 8.23. The summed E-state index contributed by atoms with van der Waals surface area (Å²) in [6, 6.07) is 10.8. The molecule has 9 nitrogen and oxygen atoms in total. The third kappa shape index (κ3) is 3.89. The molecule has 160 valence electrons. The van der Waals surface area contributed by atoms with Crippen molar-refractivity contribution in [3.63, 3.8) is 0 Å². The largest absolute Gasteiger partial charge is 0.493 e. The van der Waals surface area contributed by atoms with Gasteiger partial charge in [-0.15, -0.1) is 0 Å². The van der Waals surface area contributed by atoms with Crippen LogP contribution in [0.25, 0.3) is 6.08 Å². The molecule has 31 heavy (non-hydrogen) atoms. The number of hydrogen-bond acceptors (Lipinski definition) is 8. The van der Waals surface area contributed by atoms with Crippen LogP contribution in [0.1, 0.15) is 11.1 Å². The van der Waals surface area contributed by atoms with Gasteiger partial charge in [-0.1, -0.05) is 29.0 Å². The highest BCUT2D eigenvalue weighted by atomic mass is 32.1. The molecule has 3 aromatic rings. The Morgan fingerprint density at radius 3 is 2.48 bits per heavy atom. The molecule has 0 fully saturated rings. The van der Waals surface area contributed by atoms with Gasteiger partial charge in [-0.3, -0.25) is 19.5 Å². The summed E-state index contributed by atoms with van der Waals surface area (Å²) < 4.78 is 12.4. The molecule has 1 aliphatic heterocycles. The standard InChI is InChI=1S/C21H20N4O5S/c1-13-4-6-15(7-5-13)23-11-22-21-24(12-23)20(26)19(31-21)9-14-8-17(29-2)18(30-3)10-16(14)25(27)28/h4-10H,11-12H2,1-3H3. The molecule has 0 radical (unpaired) electrons. The van der Waals surface area contributed by atoms with Gasteiger partial charge in [-0.25, -0.2) is 4.99 Å². The van der Waals surface area contributed by atoms with Gasteiger partial charge >= 0.3 is 0 Å². The van der Waals surface area contributed by atoms with E-state index in [2.05, 4.69) is 4.99 Å². The van der Waals surface area contributed by atoms with Crippen LogP contribution in [0, 0.1) is 17.0 Å². The van der Waals surface area contributed by atoms with Crippen molar-refractivity contribution in [2.45, 2.75) is 13.6 Å². The van der Waals surface area contributed by atoms with Gasteiger partial charge in [0.2, 0.25) is 0 Å². The van der Waals surface area contributed by atoms with Gasteiger partial charge in [0, 0.05) is 5.69 Å². The number of ether oxygens (including phenoxy) is 2. The zero-order valence-electron chi connectivity index (χ0n) is 17.2. The number of hydrogen-bond donors (Lipinski definition) is 0. The molecule has 0 bridgehead atoms. The van der Waals surface area contributed by atoms with E-state index in [-0.39, 0.29) is 22.6 Å². The lowest BCUT2D eigenvalue weighted by atomic mass is 10.1. The van der Waals surface area contributed by atoms with Crippen LogP contribution in [-0.2, 0) is 6.67 Å². The smallest absolute Gasteiger partial charge is 0.280 e. The SMILES string of the molecule is COc1cc(C=c2sc3n(c2=O)CN(c2ccc(C)cc2)CN=3)c([N+](=O)[O-])cc1OC. The Morgan fingerprint density at radius 1 is 1.16 bits per heavy atom. The number of nitro benzene ring substituents is 1. The summed E-state index contributed by atoms with van der Waals surface area (Å²) >= 11 is 1.21. The average Bonchev–Trinajstić information content (AvgIpc) is 3.08. The molecule has 0 N–H and O–H groups in total. The summed E-state index contributed by atoms with van der Waals surface area (Å²) in [6.07, 6.45) is 1.50. The summed E-state index contributed by atoms with van der Waals surface area (Å²) in [5, 5.41) is 11.6. The fourth-order valence-corrected chi connectivity index (χ4v) is 4.28. The van der Waals surface area contributed by atoms with E-state index in [9.17, 15) is 14.9 Å². The van der Waals surface area contributed by atoms with E-state index in [4.69, 9.17) is 9.47 Å². The molecule has 0 saturated heterocycles. The highest BCUT2D eigenvalue weighted by Crippen LogP contribution is 2.34. The third-order valence-corrected chi connectivity index (χ3v) is 6.04. The van der Waals surface area contributed by atoms with Gasteiger partial charge in [-0.05, 0) is 31.2 Å². The van der Waals surface area contributed by atoms with Crippen LogP contribution in [0.2, 0.25) is 0 Å². The molecule has 0 aliphatic carbocycles. The van der Waals surface area contributed by atoms with Crippen LogP contribution < -0.4 is 29.3 Å². The zero-order valence-corrected chi connectivity index (χ0v) is 18.0. The normalized spacial score (nSPS) is 13.5. The molecule has 0 saturated carbocycles. The molecule has 0 amide bonds. The molecule has 1 aromatic heterocycles. The fourth-order valence-electron chi connectivity index (χ4n) is 3.33. The van der Waals surface area contributed by atoms with E-state index in [1.54, 1.807) is 4.57 Å². The molecule has 0 spiro atoms. The highest BCUT2D eigenvalue weighted by molar-refractivity contribution is 7.07. The lowest BCUT2D eigenvalue weighted by molar-refractivity contribution is -0.385. The summed E-state index contributed by atoms with van der Waals surface area (Å²) in [7, 11) is 2.86. The number of benzene rings is 2. The highest BCUT2D eigenvalue weighted by Gasteiger charge is 2.20. The predicted octanol–water partition coefficient (Wildman–Crippen LogP) is 2.03. The lowest BCUT2D eigenvalue weighted by Gasteiger charge is -2.25. The minimum atomic E-state index is -0.511. The topological polar surface area (TPSA) is 99.2 Å². The monoisotopic (exact) mass is 440 g/mol. The molecular formula is C21H20N4O5S. The molecule has 10 heteroatoms. The molecule has 4 rings (SSSR count). The number of anilines is 1. The van der Waals surface area contributed by atoms with Gasteiger partial charge in [0.25, 0.3) is 11.2 Å². The predicted molar refractivity (Wildman–Crippen MR) is 118 cm³/mol. The summed E-state index contributed by atoms with van der Waals surface area (Å²) in [4.78, 5) is 31.2. The number of nitro groups is 1. The maximum Gasteiger partial charge on any atom is 0.280 e. The van der Waals surface area contributed by atoms with Crippen molar-refractivity contribution in [2.75, 3.05) is 25.8 Å². The number of rotatable bonds is 5. The first kappa shape index (κ1) is 20.6. The third-order valence-electron chi connectivity index (χ3n) is 4.99. The van der Waals surface area contributed by atoms with Crippen LogP contribution in [0.15, 0.2) is 46.2 Å². The second-order valence-corrected chi connectivity index (χ2v) is 7.97. The minimum Gasteiger partial charge on any atom is -0.493 e. The van der Waals surface area contributed by atoms with E-state index < -0.39 is 4.92 Å². The summed E-state index contributed by atoms with van der Waals surface area (Å²) in [5.74, 6) is 0.591. The Morgan fingerprint density at radius 2 is 1.84 bits per heavy atom. The quantitative estimate of drug-likeness (QED) is 0.445. The number of thiazole rings is 1. The molecule has 2 heterocycles. The number of aromatic nitrogens is 1. The van der Waals surface area contributed by atoms with E-state index in [0.29, 0.717) is 28.4 Å². The van der Waals surface area contributed by atoms with Crippen molar-refractivity contribution in [3.8, 4) is 11.5 Å². The van der Waals surface area contributed by atoms with Crippen molar-refractivity contribution >= 4 is 28.8 Å². The second-order valence-electron chi connectivity index (χ2n) is 6.97. The van der Waals surface area contributed by atoms with Crippen molar-refractivity contribution in [2.24, 2.45) is 4.99 Å². The molecule has 2 aromatic carbocycles. The van der Waals surface area contributed by atoms with Crippen LogP contribution in [0.3, 0.4) is 0 Å². The van der Waals surface area contributed by atoms with E-state index in [1.807, 2.05) is 36.1 Å². The van der Waals surface area contributed by atoms with Crippen molar-refractivity contribution < 1.29 is 14.4 Å². The molecule has 0 unspecified atom stereocenters. The summed E-state index contributed by atoms with van der Waals surface area (Å²) in [6.45, 7) is 2.80. The van der Waals surface area contributed by atoms with Gasteiger partial charge < -0.3 is 14.4 Å². The Labute approximate surface area is 181 Å². The van der Waals surface area contributed by atoms with Crippen LogP contribution >= 0.6 is 11.3 Å². The maximum atomic E-state index is 13.0. The number of nitrogens with zero attached hydrogens (tertiary/aromatic N) is 4. The number of aryl methyl sites for hydroxylation is 1. The molecule has 0 atom stereocenters. The maximum absolute atomic E-state index is 13.0. The fraction of sp³-hybridized carbons (Fsp3) is 0.238. The Kier molecular flexibility index (Phi) is 5.47. The summed E-state index contributed by atoms with van der Waals surface area (Å²) in [5.41, 5.74) is 1.96. The van der Waals surface area contributed by atoms with Crippen LogP contribution in [0.5, 0.6) is 11.5 Å². The van der Waals surface area contributed by atoms with E-state index in [1.165, 1.54) is 43.8 Å². The van der Waals surface area contributed by atoms with Gasteiger partial charge in [-0.2, -0.15) is 0 Å². The van der Waals surface area contributed by atoms with E-state index in [0.717, 1.165) is 11.3 Å². The Bertz CT molecular complexity index is 1330. The molecule has 1 aliphatic rings.